The summed E-state index contributed by atoms with van der Waals surface area (Å²) >= 11 is 0. The van der Waals surface area contributed by atoms with Gasteiger partial charge in [-0.15, -0.1) is 0 Å². The van der Waals surface area contributed by atoms with Gasteiger partial charge in [-0.05, 0) is 37.1 Å². The lowest BCUT2D eigenvalue weighted by Gasteiger charge is -2.26. The van der Waals surface area contributed by atoms with Gasteiger partial charge in [-0.3, -0.25) is 14.5 Å². The summed E-state index contributed by atoms with van der Waals surface area (Å²) in [6.07, 6.45) is 3.04. The van der Waals surface area contributed by atoms with Crippen LogP contribution in [0.5, 0.6) is 0 Å². The first-order valence-corrected chi connectivity index (χ1v) is 11.9. The van der Waals surface area contributed by atoms with E-state index in [1.807, 2.05) is 0 Å². The van der Waals surface area contributed by atoms with Crippen molar-refractivity contribution in [2.45, 2.75) is 42.5 Å². The molecule has 1 aliphatic carbocycles. The number of nitrogens with one attached hydrogen (secondary N) is 2. The number of sulfonamides is 1. The van der Waals surface area contributed by atoms with Crippen LogP contribution in [0.1, 0.15) is 32.1 Å². The fraction of sp³-hybridized carbons (Fsp3) is 0.550. The van der Waals surface area contributed by atoms with Gasteiger partial charge in [0.05, 0.1) is 18.1 Å². The minimum atomic E-state index is -3.60. The van der Waals surface area contributed by atoms with Gasteiger partial charge in [0.1, 0.15) is 5.54 Å². The van der Waals surface area contributed by atoms with Crippen molar-refractivity contribution in [1.82, 2.24) is 14.5 Å². The number of amides is 4. The molecule has 0 aromatic heterocycles. The summed E-state index contributed by atoms with van der Waals surface area (Å²) in [5.74, 6) is -0.614. The molecule has 1 saturated carbocycles. The first-order valence-electron chi connectivity index (χ1n) is 10.4. The summed E-state index contributed by atoms with van der Waals surface area (Å²) in [6, 6.07) is 5.49. The third-order valence-electron chi connectivity index (χ3n) is 6.01. The quantitative estimate of drug-likeness (QED) is 0.621. The van der Waals surface area contributed by atoms with Crippen molar-refractivity contribution in [3.8, 4) is 0 Å². The molecule has 10 nitrogen and oxygen atoms in total. The molecule has 3 aliphatic rings. The van der Waals surface area contributed by atoms with Gasteiger partial charge in [0.15, 0.2) is 0 Å². The van der Waals surface area contributed by atoms with Crippen LogP contribution < -0.4 is 10.6 Å². The summed E-state index contributed by atoms with van der Waals surface area (Å²) in [5.41, 5.74) is -0.342. The van der Waals surface area contributed by atoms with E-state index in [0.717, 1.165) is 17.7 Å². The molecule has 0 bridgehead atoms. The Hall–Kier alpha value is -2.50. The maximum absolute atomic E-state index is 12.6. The summed E-state index contributed by atoms with van der Waals surface area (Å²) in [4.78, 5) is 38.4. The van der Waals surface area contributed by atoms with E-state index in [1.54, 1.807) is 0 Å². The Kier molecular flexibility index (Phi) is 6.00. The zero-order valence-electron chi connectivity index (χ0n) is 17.1. The van der Waals surface area contributed by atoms with E-state index in [-0.39, 0.29) is 29.7 Å². The van der Waals surface area contributed by atoms with Crippen molar-refractivity contribution >= 4 is 33.6 Å². The van der Waals surface area contributed by atoms with E-state index in [9.17, 15) is 22.8 Å². The van der Waals surface area contributed by atoms with E-state index in [2.05, 4.69) is 10.6 Å². The number of benzene rings is 1. The molecule has 3 fully saturated rings. The first kappa shape index (κ1) is 21.7. The third kappa shape index (κ3) is 4.30. The van der Waals surface area contributed by atoms with Crippen LogP contribution in [-0.2, 0) is 24.3 Å². The second kappa shape index (κ2) is 8.56. The van der Waals surface area contributed by atoms with Gasteiger partial charge in [0.25, 0.3) is 5.91 Å². The van der Waals surface area contributed by atoms with E-state index >= 15 is 0 Å². The smallest absolute Gasteiger partial charge is 0.325 e. The Labute approximate surface area is 181 Å². The molecule has 2 N–H and O–H groups in total. The lowest BCUT2D eigenvalue weighted by Crippen LogP contribution is -2.44. The molecular formula is C20H26N4O6S. The summed E-state index contributed by atoms with van der Waals surface area (Å²) in [5, 5.41) is 5.46. The standard InChI is InChI=1S/C20H26N4O6S/c25-17(7-10-24-18(26)20(22-19(24)27)8-1-2-9-20)21-15-3-5-16(6-4-15)31(28,29)23-11-13-30-14-12-23/h3-6H,1-2,7-14H2,(H,21,25)(H,22,27). The number of morpholine rings is 1. The van der Waals surface area contributed by atoms with Crippen LogP contribution in [0.2, 0.25) is 0 Å². The van der Waals surface area contributed by atoms with Crippen molar-refractivity contribution < 1.29 is 27.5 Å². The van der Waals surface area contributed by atoms with Crippen LogP contribution >= 0.6 is 0 Å². The Morgan fingerprint density at radius 3 is 2.39 bits per heavy atom. The molecule has 2 heterocycles. The molecule has 0 unspecified atom stereocenters. The number of ether oxygens (including phenoxy) is 1. The highest BCUT2D eigenvalue weighted by molar-refractivity contribution is 7.89. The molecule has 1 aromatic carbocycles. The highest BCUT2D eigenvalue weighted by Gasteiger charge is 2.52. The van der Waals surface area contributed by atoms with Crippen LogP contribution in [0.3, 0.4) is 0 Å². The minimum Gasteiger partial charge on any atom is -0.379 e. The van der Waals surface area contributed by atoms with Crippen LogP contribution in [0.25, 0.3) is 0 Å². The normalized spacial score (nSPS) is 21.5. The van der Waals surface area contributed by atoms with Crippen molar-refractivity contribution in [3.63, 3.8) is 0 Å². The van der Waals surface area contributed by atoms with Gasteiger partial charge in [0.2, 0.25) is 15.9 Å². The second-order valence-electron chi connectivity index (χ2n) is 8.02. The number of nitrogens with zero attached hydrogens (tertiary/aromatic N) is 2. The van der Waals surface area contributed by atoms with E-state index in [0.29, 0.717) is 44.8 Å². The highest BCUT2D eigenvalue weighted by Crippen LogP contribution is 2.35. The zero-order valence-corrected chi connectivity index (χ0v) is 17.9. The third-order valence-corrected chi connectivity index (χ3v) is 7.92. The largest absolute Gasteiger partial charge is 0.379 e. The van der Waals surface area contributed by atoms with Gasteiger partial charge in [0, 0.05) is 31.7 Å². The number of rotatable bonds is 6. The average Bonchev–Trinajstić information content (AvgIpc) is 3.32. The van der Waals surface area contributed by atoms with Crippen LogP contribution in [0, 0.1) is 0 Å². The molecule has 1 aromatic rings. The van der Waals surface area contributed by atoms with Crippen molar-refractivity contribution in [2.75, 3.05) is 38.2 Å². The van der Waals surface area contributed by atoms with Gasteiger partial charge in [-0.25, -0.2) is 13.2 Å². The summed E-state index contributed by atoms with van der Waals surface area (Å²) in [7, 11) is -3.60. The van der Waals surface area contributed by atoms with E-state index in [1.165, 1.54) is 28.6 Å². The number of carbonyl (C=O) groups is 3. The van der Waals surface area contributed by atoms with Crippen LogP contribution in [0.15, 0.2) is 29.2 Å². The predicted octanol–water partition coefficient (Wildman–Crippen LogP) is 0.901. The molecule has 1 spiro atoms. The SMILES string of the molecule is O=C(CCN1C(=O)NC2(CCCC2)C1=O)Nc1ccc(S(=O)(=O)N2CCOCC2)cc1. The molecule has 11 heteroatoms. The molecular weight excluding hydrogens is 424 g/mol. The lowest BCUT2D eigenvalue weighted by atomic mass is 9.98. The monoisotopic (exact) mass is 450 g/mol. The van der Waals surface area contributed by atoms with E-state index in [4.69, 9.17) is 4.74 Å². The number of hydrogen-bond donors (Lipinski definition) is 2. The molecule has 0 radical (unpaired) electrons. The number of imide groups is 1. The van der Waals surface area contributed by atoms with Gasteiger partial charge >= 0.3 is 6.03 Å². The lowest BCUT2D eigenvalue weighted by molar-refractivity contribution is -0.131. The number of anilines is 1. The molecule has 2 saturated heterocycles. The molecule has 4 rings (SSSR count). The Balaban J connectivity index is 1.32. The Morgan fingerprint density at radius 1 is 1.10 bits per heavy atom. The maximum Gasteiger partial charge on any atom is 0.325 e. The maximum atomic E-state index is 12.6. The minimum absolute atomic E-state index is 0.00173. The Bertz CT molecular complexity index is 966. The fourth-order valence-corrected chi connectivity index (χ4v) is 5.69. The van der Waals surface area contributed by atoms with Crippen LogP contribution in [0.4, 0.5) is 10.5 Å². The molecule has 4 amide bonds. The first-order chi connectivity index (χ1) is 14.8. The predicted molar refractivity (Wildman–Crippen MR) is 111 cm³/mol. The summed E-state index contributed by atoms with van der Waals surface area (Å²) in [6.45, 7) is 1.36. The topological polar surface area (TPSA) is 125 Å². The van der Waals surface area contributed by atoms with Crippen molar-refractivity contribution in [2.24, 2.45) is 0 Å². The average molecular weight is 451 g/mol. The summed E-state index contributed by atoms with van der Waals surface area (Å²) < 4.78 is 31.9. The molecule has 2 aliphatic heterocycles. The number of urea groups is 1. The molecule has 31 heavy (non-hydrogen) atoms. The number of hydrogen-bond acceptors (Lipinski definition) is 6. The Morgan fingerprint density at radius 2 is 1.74 bits per heavy atom. The van der Waals surface area contributed by atoms with Crippen LogP contribution in [-0.4, -0.2) is 73.9 Å². The van der Waals surface area contributed by atoms with Gasteiger partial charge < -0.3 is 15.4 Å². The fourth-order valence-electron chi connectivity index (χ4n) is 4.28. The zero-order chi connectivity index (χ0) is 22.1. The number of carbonyl (C=O) groups excluding carboxylic acids is 3. The van der Waals surface area contributed by atoms with Gasteiger partial charge in [-0.1, -0.05) is 12.8 Å². The second-order valence-corrected chi connectivity index (χ2v) is 9.95. The van der Waals surface area contributed by atoms with E-state index < -0.39 is 21.6 Å². The van der Waals surface area contributed by atoms with Crippen molar-refractivity contribution in [1.29, 1.82) is 0 Å². The molecule has 168 valence electrons. The highest BCUT2D eigenvalue weighted by atomic mass is 32.2. The van der Waals surface area contributed by atoms with Crippen molar-refractivity contribution in [3.05, 3.63) is 24.3 Å². The van der Waals surface area contributed by atoms with Gasteiger partial charge in [-0.2, -0.15) is 4.31 Å². The molecule has 0 atom stereocenters.